The van der Waals surface area contributed by atoms with Crippen LogP contribution in [0.4, 0.5) is 0 Å². The minimum atomic E-state index is 0.316. The zero-order valence-corrected chi connectivity index (χ0v) is 8.92. The maximum absolute atomic E-state index is 5.52. The van der Waals surface area contributed by atoms with E-state index < -0.39 is 0 Å². The van der Waals surface area contributed by atoms with E-state index in [0.29, 0.717) is 12.0 Å². The molecule has 1 N–H and O–H groups in total. The van der Waals surface area contributed by atoms with Gasteiger partial charge in [0, 0.05) is 0 Å². The molecule has 0 spiro atoms. The highest BCUT2D eigenvalue weighted by molar-refractivity contribution is 5.08. The maximum Gasteiger partial charge on any atom is 0.120 e. The summed E-state index contributed by atoms with van der Waals surface area (Å²) in [4.78, 5) is 0. The van der Waals surface area contributed by atoms with Crippen LogP contribution in [-0.4, -0.2) is 6.54 Å². The molecule has 1 atom stereocenters. The minimum Gasteiger partial charge on any atom is -0.465 e. The van der Waals surface area contributed by atoms with Gasteiger partial charge in [-0.25, -0.2) is 0 Å². The predicted octanol–water partition coefficient (Wildman–Crippen LogP) is 2.89. The fourth-order valence-electron chi connectivity index (χ4n) is 1.20. The van der Waals surface area contributed by atoms with Crippen molar-refractivity contribution >= 4 is 0 Å². The third-order valence-electron chi connectivity index (χ3n) is 2.02. The lowest BCUT2D eigenvalue weighted by molar-refractivity contribution is 0.401. The lowest BCUT2D eigenvalue weighted by Crippen LogP contribution is -2.22. The van der Waals surface area contributed by atoms with E-state index in [2.05, 4.69) is 26.1 Å². The van der Waals surface area contributed by atoms with Gasteiger partial charge < -0.3 is 9.73 Å². The summed E-state index contributed by atoms with van der Waals surface area (Å²) < 4.78 is 5.52. The highest BCUT2D eigenvalue weighted by Crippen LogP contribution is 2.15. The fraction of sp³-hybridized carbons (Fsp3) is 0.636. The third kappa shape index (κ3) is 3.23. The molecule has 1 aromatic heterocycles. The summed E-state index contributed by atoms with van der Waals surface area (Å²) in [7, 11) is 0. The molecular weight excluding hydrogens is 162 g/mol. The Balaban J connectivity index is 2.44. The summed E-state index contributed by atoms with van der Waals surface area (Å²) >= 11 is 0. The molecule has 0 aliphatic heterocycles. The average molecular weight is 181 g/mol. The molecule has 1 aromatic rings. The number of rotatable bonds is 4. The third-order valence-corrected chi connectivity index (χ3v) is 2.02. The Bertz CT molecular complexity index is 252. The first-order valence-corrected chi connectivity index (χ1v) is 4.89. The van der Waals surface area contributed by atoms with E-state index in [1.165, 1.54) is 0 Å². The van der Waals surface area contributed by atoms with Crippen LogP contribution in [0.15, 0.2) is 16.5 Å². The van der Waals surface area contributed by atoms with Crippen LogP contribution in [0.2, 0.25) is 0 Å². The number of hydrogen-bond donors (Lipinski definition) is 1. The van der Waals surface area contributed by atoms with Crippen molar-refractivity contribution in [3.8, 4) is 0 Å². The Kier molecular flexibility index (Phi) is 3.55. The molecule has 0 saturated heterocycles. The molecule has 1 rings (SSSR count). The number of nitrogens with one attached hydrogen (secondary N) is 1. The van der Waals surface area contributed by atoms with Gasteiger partial charge in [0.05, 0.1) is 6.04 Å². The lowest BCUT2D eigenvalue weighted by atomic mass is 10.2. The molecule has 0 radical (unpaired) electrons. The predicted molar refractivity (Wildman–Crippen MR) is 54.7 cm³/mol. The van der Waals surface area contributed by atoms with E-state index in [1.54, 1.807) is 0 Å². The SMILES string of the molecule is Cc1ccc([C@H](C)NCC(C)C)o1. The topological polar surface area (TPSA) is 25.2 Å². The number of aryl methyl sites for hydroxylation is 1. The summed E-state index contributed by atoms with van der Waals surface area (Å²) in [5.74, 6) is 2.69. The first-order valence-electron chi connectivity index (χ1n) is 4.89. The van der Waals surface area contributed by atoms with Gasteiger partial charge in [0.2, 0.25) is 0 Å². The van der Waals surface area contributed by atoms with Crippen LogP contribution in [0.25, 0.3) is 0 Å². The summed E-state index contributed by atoms with van der Waals surface area (Å²) in [5.41, 5.74) is 0. The van der Waals surface area contributed by atoms with Crippen molar-refractivity contribution in [3.05, 3.63) is 23.7 Å². The summed E-state index contributed by atoms with van der Waals surface area (Å²) in [5, 5.41) is 3.42. The first kappa shape index (κ1) is 10.3. The molecular formula is C11H19NO. The quantitative estimate of drug-likeness (QED) is 0.772. The normalized spacial score (nSPS) is 13.6. The van der Waals surface area contributed by atoms with E-state index in [0.717, 1.165) is 18.1 Å². The molecule has 0 aromatic carbocycles. The van der Waals surface area contributed by atoms with Crippen LogP contribution in [0, 0.1) is 12.8 Å². The Labute approximate surface area is 80.3 Å². The first-order chi connectivity index (χ1) is 6.09. The lowest BCUT2D eigenvalue weighted by Gasteiger charge is -2.12. The number of furan rings is 1. The van der Waals surface area contributed by atoms with Gasteiger partial charge in [0.15, 0.2) is 0 Å². The summed E-state index contributed by atoms with van der Waals surface area (Å²) in [6.45, 7) is 9.53. The molecule has 1 heterocycles. The van der Waals surface area contributed by atoms with Crippen molar-refractivity contribution in [2.75, 3.05) is 6.54 Å². The van der Waals surface area contributed by atoms with Gasteiger partial charge in [0.25, 0.3) is 0 Å². The molecule has 0 fully saturated rings. The zero-order valence-electron chi connectivity index (χ0n) is 8.92. The van der Waals surface area contributed by atoms with Crippen LogP contribution in [0.5, 0.6) is 0 Å². The Morgan fingerprint density at radius 1 is 1.31 bits per heavy atom. The number of hydrogen-bond acceptors (Lipinski definition) is 2. The molecule has 2 nitrogen and oxygen atoms in total. The minimum absolute atomic E-state index is 0.316. The van der Waals surface area contributed by atoms with Crippen molar-refractivity contribution in [1.29, 1.82) is 0 Å². The second kappa shape index (κ2) is 4.47. The van der Waals surface area contributed by atoms with Crippen LogP contribution >= 0.6 is 0 Å². The summed E-state index contributed by atoms with van der Waals surface area (Å²) in [6.07, 6.45) is 0. The van der Waals surface area contributed by atoms with Crippen LogP contribution < -0.4 is 5.32 Å². The summed E-state index contributed by atoms with van der Waals surface area (Å²) in [6, 6.07) is 4.35. The van der Waals surface area contributed by atoms with Crippen molar-refractivity contribution in [2.45, 2.75) is 33.7 Å². The molecule has 0 unspecified atom stereocenters. The van der Waals surface area contributed by atoms with Crippen molar-refractivity contribution in [2.24, 2.45) is 5.92 Å². The Morgan fingerprint density at radius 2 is 2.00 bits per heavy atom. The molecule has 2 heteroatoms. The van der Waals surface area contributed by atoms with Crippen molar-refractivity contribution < 1.29 is 4.42 Å². The standard InChI is InChI=1S/C11H19NO/c1-8(2)7-12-10(4)11-6-5-9(3)13-11/h5-6,8,10,12H,7H2,1-4H3/t10-/m0/s1. The van der Waals surface area contributed by atoms with E-state index in [1.807, 2.05) is 19.1 Å². The van der Waals surface area contributed by atoms with Crippen molar-refractivity contribution in [3.63, 3.8) is 0 Å². The Morgan fingerprint density at radius 3 is 2.46 bits per heavy atom. The second-order valence-corrected chi connectivity index (χ2v) is 3.97. The molecule has 13 heavy (non-hydrogen) atoms. The maximum atomic E-state index is 5.52. The largest absolute Gasteiger partial charge is 0.465 e. The van der Waals surface area contributed by atoms with Gasteiger partial charge in [-0.3, -0.25) is 0 Å². The molecule has 74 valence electrons. The van der Waals surface area contributed by atoms with Gasteiger partial charge in [-0.1, -0.05) is 13.8 Å². The van der Waals surface area contributed by atoms with Gasteiger partial charge in [-0.15, -0.1) is 0 Å². The Hall–Kier alpha value is -0.760. The van der Waals surface area contributed by atoms with Gasteiger partial charge in [0.1, 0.15) is 11.5 Å². The monoisotopic (exact) mass is 181 g/mol. The highest BCUT2D eigenvalue weighted by Gasteiger charge is 2.08. The average Bonchev–Trinajstić information content (AvgIpc) is 2.47. The zero-order chi connectivity index (χ0) is 9.84. The van der Waals surface area contributed by atoms with Gasteiger partial charge in [-0.05, 0) is 38.4 Å². The van der Waals surface area contributed by atoms with Crippen LogP contribution in [-0.2, 0) is 0 Å². The molecule has 0 aliphatic rings. The van der Waals surface area contributed by atoms with E-state index in [9.17, 15) is 0 Å². The second-order valence-electron chi connectivity index (χ2n) is 3.97. The smallest absolute Gasteiger partial charge is 0.120 e. The fourth-order valence-corrected chi connectivity index (χ4v) is 1.20. The van der Waals surface area contributed by atoms with E-state index in [-0.39, 0.29) is 0 Å². The van der Waals surface area contributed by atoms with Gasteiger partial charge >= 0.3 is 0 Å². The molecule has 0 aliphatic carbocycles. The van der Waals surface area contributed by atoms with E-state index >= 15 is 0 Å². The van der Waals surface area contributed by atoms with Gasteiger partial charge in [-0.2, -0.15) is 0 Å². The molecule has 0 saturated carbocycles. The van der Waals surface area contributed by atoms with E-state index in [4.69, 9.17) is 4.42 Å². The van der Waals surface area contributed by atoms with Crippen LogP contribution in [0.3, 0.4) is 0 Å². The molecule has 0 bridgehead atoms. The van der Waals surface area contributed by atoms with Crippen LogP contribution in [0.1, 0.15) is 38.3 Å². The van der Waals surface area contributed by atoms with Crippen molar-refractivity contribution in [1.82, 2.24) is 5.32 Å². The highest BCUT2D eigenvalue weighted by atomic mass is 16.3. The molecule has 0 amide bonds.